The Bertz CT molecular complexity index is 1550. The highest BCUT2D eigenvalue weighted by Gasteiger charge is 2.32. The van der Waals surface area contributed by atoms with Crippen molar-refractivity contribution in [3.05, 3.63) is 82.8 Å². The lowest BCUT2D eigenvalue weighted by atomic mass is 10.0. The number of phenolic OH excluding ortho intramolecular Hbond substituents is 1. The highest BCUT2D eigenvalue weighted by atomic mass is 19.4. The van der Waals surface area contributed by atoms with E-state index in [-0.39, 0.29) is 39.3 Å². The van der Waals surface area contributed by atoms with Crippen molar-refractivity contribution in [1.29, 1.82) is 0 Å². The Morgan fingerprint density at radius 2 is 1.66 bits per heavy atom. The minimum atomic E-state index is -4.63. The van der Waals surface area contributed by atoms with Crippen LogP contribution in [-0.4, -0.2) is 19.6 Å². The van der Waals surface area contributed by atoms with Gasteiger partial charge in [-0.05, 0) is 48.5 Å². The van der Waals surface area contributed by atoms with Crippen molar-refractivity contribution >= 4 is 16.6 Å². The van der Waals surface area contributed by atoms with Gasteiger partial charge in [-0.2, -0.15) is 13.2 Å². The number of alkyl halides is 3. The van der Waals surface area contributed by atoms with Crippen LogP contribution >= 0.6 is 0 Å². The zero-order chi connectivity index (χ0) is 22.6. The second-order valence-corrected chi connectivity index (χ2v) is 7.11. The predicted molar refractivity (Wildman–Crippen MR) is 110 cm³/mol. The molecule has 32 heavy (non-hydrogen) atoms. The number of fused-ring (bicyclic) bond motifs is 2. The minimum absolute atomic E-state index is 0.0218. The van der Waals surface area contributed by atoms with E-state index in [1.807, 2.05) is 0 Å². The number of rotatable bonds is 2. The molecule has 0 saturated heterocycles. The van der Waals surface area contributed by atoms with Crippen LogP contribution in [0.5, 0.6) is 11.5 Å². The number of benzene rings is 2. The van der Waals surface area contributed by atoms with Gasteiger partial charge in [0.25, 0.3) is 0 Å². The number of hydrogen-bond donors (Lipinski definition) is 2. The number of nitrogens with zero attached hydrogens (tertiary/aromatic N) is 2. The van der Waals surface area contributed by atoms with E-state index < -0.39 is 23.1 Å². The van der Waals surface area contributed by atoms with Gasteiger partial charge in [-0.1, -0.05) is 12.1 Å². The maximum Gasteiger partial charge on any atom is 0.417 e. The zero-order valence-corrected chi connectivity index (χ0v) is 16.1. The molecule has 0 bridgehead atoms. The molecule has 0 atom stereocenters. The van der Waals surface area contributed by atoms with Crippen molar-refractivity contribution in [1.82, 2.24) is 9.38 Å². The third kappa shape index (κ3) is 3.06. The summed E-state index contributed by atoms with van der Waals surface area (Å²) in [6.45, 7) is 0. The van der Waals surface area contributed by atoms with E-state index in [1.165, 1.54) is 42.5 Å². The van der Waals surface area contributed by atoms with Crippen LogP contribution in [0, 0.1) is 0 Å². The van der Waals surface area contributed by atoms with Gasteiger partial charge in [-0.3, -0.25) is 4.40 Å². The van der Waals surface area contributed by atoms with Crippen LogP contribution in [0.25, 0.3) is 39.1 Å². The number of aromatic nitrogens is 2. The molecule has 0 amide bonds. The van der Waals surface area contributed by atoms with Crippen LogP contribution in [0.2, 0.25) is 0 Å². The van der Waals surface area contributed by atoms with Crippen LogP contribution < -0.4 is 5.63 Å². The largest absolute Gasteiger partial charge is 0.508 e. The highest BCUT2D eigenvalue weighted by Crippen LogP contribution is 2.40. The van der Waals surface area contributed by atoms with Gasteiger partial charge in [-0.15, -0.1) is 0 Å². The summed E-state index contributed by atoms with van der Waals surface area (Å²) in [5.74, 6) is -0.456. The number of para-hydroxylation sites is 1. The molecule has 5 aromatic rings. The Kier molecular flexibility index (Phi) is 4.23. The third-order valence-electron chi connectivity index (χ3n) is 5.11. The predicted octanol–water partition coefficient (Wildman–Crippen LogP) is 5.20. The molecular formula is C23H13F3N2O4. The lowest BCUT2D eigenvalue weighted by Gasteiger charge is -2.11. The standard InChI is InChI=1S/C23H13F3N2O4/c24-23(25,26)13-7-10-17-27-19(12-5-8-14(29)9-6-12)20(28(17)11-13)18-21(30)15-3-1-2-4-16(15)32-22(18)31/h1-11,29-30H. The first-order valence-corrected chi connectivity index (χ1v) is 9.38. The van der Waals surface area contributed by atoms with Crippen molar-refractivity contribution in [2.45, 2.75) is 6.18 Å². The summed E-state index contributed by atoms with van der Waals surface area (Å²) in [5, 5.41) is 20.8. The number of pyridine rings is 1. The van der Waals surface area contributed by atoms with Crippen molar-refractivity contribution in [2.75, 3.05) is 0 Å². The summed E-state index contributed by atoms with van der Waals surface area (Å²) in [7, 11) is 0. The molecule has 0 aliphatic heterocycles. The molecule has 2 aromatic carbocycles. The van der Waals surface area contributed by atoms with Gasteiger partial charge in [0.05, 0.1) is 22.3 Å². The van der Waals surface area contributed by atoms with Gasteiger partial charge in [0.1, 0.15) is 28.3 Å². The molecule has 3 aromatic heterocycles. The van der Waals surface area contributed by atoms with Gasteiger partial charge >= 0.3 is 11.8 Å². The number of halogens is 3. The molecule has 0 aliphatic carbocycles. The lowest BCUT2D eigenvalue weighted by Crippen LogP contribution is -2.09. The molecule has 3 heterocycles. The summed E-state index contributed by atoms with van der Waals surface area (Å²) in [5.41, 5.74) is -1.44. The Labute approximate surface area is 177 Å². The fourth-order valence-electron chi connectivity index (χ4n) is 3.61. The Morgan fingerprint density at radius 3 is 2.38 bits per heavy atom. The van der Waals surface area contributed by atoms with E-state index in [0.717, 1.165) is 16.7 Å². The number of hydrogen-bond acceptors (Lipinski definition) is 5. The summed E-state index contributed by atoms with van der Waals surface area (Å²) >= 11 is 0. The molecule has 0 spiro atoms. The summed E-state index contributed by atoms with van der Waals surface area (Å²) in [4.78, 5) is 17.3. The second kappa shape index (κ2) is 6.88. The molecule has 9 heteroatoms. The molecule has 160 valence electrons. The first-order valence-electron chi connectivity index (χ1n) is 9.38. The number of phenols is 1. The second-order valence-electron chi connectivity index (χ2n) is 7.11. The number of imidazole rings is 1. The van der Waals surface area contributed by atoms with Gasteiger partial charge in [-0.25, -0.2) is 9.78 Å². The molecule has 0 fully saturated rings. The molecule has 0 saturated carbocycles. The van der Waals surface area contributed by atoms with Crippen LogP contribution in [0.3, 0.4) is 0 Å². The van der Waals surface area contributed by atoms with Crippen molar-refractivity contribution < 1.29 is 27.8 Å². The van der Waals surface area contributed by atoms with E-state index in [1.54, 1.807) is 12.1 Å². The van der Waals surface area contributed by atoms with Crippen LogP contribution in [0.15, 0.2) is 76.1 Å². The summed E-state index contributed by atoms with van der Waals surface area (Å²) in [6, 6.07) is 14.1. The highest BCUT2D eigenvalue weighted by molar-refractivity contribution is 5.93. The first-order chi connectivity index (χ1) is 15.2. The maximum absolute atomic E-state index is 13.4. The Hall–Kier alpha value is -4.27. The van der Waals surface area contributed by atoms with E-state index in [2.05, 4.69) is 4.98 Å². The van der Waals surface area contributed by atoms with E-state index >= 15 is 0 Å². The SMILES string of the molecule is O=c1oc2ccccc2c(O)c1-c1c(-c2ccc(O)cc2)nc2ccc(C(F)(F)F)cn12. The number of aromatic hydroxyl groups is 2. The maximum atomic E-state index is 13.4. The quantitative estimate of drug-likeness (QED) is 0.370. The molecular weight excluding hydrogens is 425 g/mol. The van der Waals surface area contributed by atoms with Crippen molar-refractivity contribution in [2.24, 2.45) is 0 Å². The van der Waals surface area contributed by atoms with Gasteiger partial charge < -0.3 is 14.6 Å². The van der Waals surface area contributed by atoms with Gasteiger partial charge in [0, 0.05) is 11.8 Å². The monoisotopic (exact) mass is 438 g/mol. The zero-order valence-electron chi connectivity index (χ0n) is 16.1. The topological polar surface area (TPSA) is 88.0 Å². The molecule has 0 unspecified atom stereocenters. The van der Waals surface area contributed by atoms with E-state index in [0.29, 0.717) is 5.56 Å². The average Bonchev–Trinajstić information content (AvgIpc) is 3.12. The smallest absolute Gasteiger partial charge is 0.417 e. The normalized spacial score (nSPS) is 12.0. The van der Waals surface area contributed by atoms with E-state index in [9.17, 15) is 28.2 Å². The molecule has 2 N–H and O–H groups in total. The fourth-order valence-corrected chi connectivity index (χ4v) is 3.61. The molecule has 0 aliphatic rings. The minimum Gasteiger partial charge on any atom is -0.508 e. The average molecular weight is 438 g/mol. The van der Waals surface area contributed by atoms with Crippen molar-refractivity contribution in [3.63, 3.8) is 0 Å². The summed E-state index contributed by atoms with van der Waals surface area (Å²) < 4.78 is 46.6. The fraction of sp³-hybridized carbons (Fsp3) is 0.0435. The summed E-state index contributed by atoms with van der Waals surface area (Å²) in [6.07, 6.45) is -3.82. The Morgan fingerprint density at radius 1 is 0.938 bits per heavy atom. The van der Waals surface area contributed by atoms with Crippen LogP contribution in [0.4, 0.5) is 13.2 Å². The first kappa shape index (κ1) is 19.7. The van der Waals surface area contributed by atoms with Gasteiger partial charge in [0.2, 0.25) is 0 Å². The Balaban J connectivity index is 1.92. The van der Waals surface area contributed by atoms with Gasteiger partial charge in [0.15, 0.2) is 0 Å². The molecule has 5 rings (SSSR count). The van der Waals surface area contributed by atoms with Crippen LogP contribution in [-0.2, 0) is 6.18 Å². The van der Waals surface area contributed by atoms with Crippen LogP contribution in [0.1, 0.15) is 5.56 Å². The van der Waals surface area contributed by atoms with Crippen molar-refractivity contribution in [3.8, 4) is 34.0 Å². The van der Waals surface area contributed by atoms with E-state index in [4.69, 9.17) is 4.42 Å². The third-order valence-corrected chi connectivity index (χ3v) is 5.11. The molecule has 6 nitrogen and oxygen atoms in total. The molecule has 0 radical (unpaired) electrons. The lowest BCUT2D eigenvalue weighted by molar-refractivity contribution is -0.137.